The normalized spacial score (nSPS) is 11.0. The number of aryl methyl sites for hydroxylation is 2. The van der Waals surface area contributed by atoms with Crippen LogP contribution < -0.4 is 0 Å². The molecule has 0 aromatic heterocycles. The van der Waals surface area contributed by atoms with Crippen molar-refractivity contribution < 1.29 is 0 Å². The molecular formula is C21H23NSe. The van der Waals surface area contributed by atoms with Crippen molar-refractivity contribution in [3.63, 3.8) is 0 Å². The zero-order valence-corrected chi connectivity index (χ0v) is 15.8. The Labute approximate surface area is 146 Å². The van der Waals surface area contributed by atoms with Crippen LogP contribution in [0.15, 0.2) is 53.5 Å². The van der Waals surface area contributed by atoms with Crippen LogP contribution in [-0.4, -0.2) is 19.6 Å². The minimum atomic E-state index is 0.340. The Bertz CT molecular complexity index is 700. The van der Waals surface area contributed by atoms with Gasteiger partial charge in [0.15, 0.2) is 0 Å². The average molecular weight is 368 g/mol. The van der Waals surface area contributed by atoms with Gasteiger partial charge in [0.2, 0.25) is 0 Å². The number of hydrogen-bond donors (Lipinski definition) is 0. The molecule has 0 amide bonds. The molecule has 2 rings (SSSR count). The molecule has 0 radical (unpaired) electrons. The fourth-order valence-electron chi connectivity index (χ4n) is 2.14. The molecule has 2 heteroatoms. The van der Waals surface area contributed by atoms with Gasteiger partial charge in [-0.25, -0.2) is 0 Å². The summed E-state index contributed by atoms with van der Waals surface area (Å²) >= 11 is 0.340. The summed E-state index contributed by atoms with van der Waals surface area (Å²) in [5, 5.41) is 1.21. The van der Waals surface area contributed by atoms with E-state index in [2.05, 4.69) is 50.8 Å². The van der Waals surface area contributed by atoms with E-state index in [1.54, 1.807) is 0 Å². The molecule has 0 fully saturated rings. The number of rotatable bonds is 5. The Morgan fingerprint density at radius 2 is 1.70 bits per heavy atom. The van der Waals surface area contributed by atoms with E-state index in [-0.39, 0.29) is 0 Å². The Morgan fingerprint density at radius 1 is 1.00 bits per heavy atom. The third-order valence-electron chi connectivity index (χ3n) is 3.48. The van der Waals surface area contributed by atoms with Crippen LogP contribution in [0.3, 0.4) is 0 Å². The Balaban J connectivity index is 2.30. The van der Waals surface area contributed by atoms with Gasteiger partial charge in [-0.05, 0) is 0 Å². The van der Waals surface area contributed by atoms with Crippen LogP contribution in [-0.2, 0) is 0 Å². The summed E-state index contributed by atoms with van der Waals surface area (Å²) in [5.74, 6) is 6.59. The van der Waals surface area contributed by atoms with Crippen LogP contribution in [0.1, 0.15) is 36.5 Å². The summed E-state index contributed by atoms with van der Waals surface area (Å²) in [6.45, 7) is 6.47. The van der Waals surface area contributed by atoms with Crippen LogP contribution in [0.4, 0.5) is 5.69 Å². The molecule has 0 aliphatic carbocycles. The maximum absolute atomic E-state index is 4.92. The molecule has 0 aliphatic rings. The van der Waals surface area contributed by atoms with E-state index in [9.17, 15) is 0 Å². The van der Waals surface area contributed by atoms with Gasteiger partial charge in [-0.3, -0.25) is 0 Å². The second-order valence-electron chi connectivity index (χ2n) is 5.48. The second-order valence-corrected chi connectivity index (χ2v) is 7.75. The van der Waals surface area contributed by atoms with Crippen molar-refractivity contribution in [1.82, 2.24) is 0 Å². The second kappa shape index (κ2) is 9.36. The summed E-state index contributed by atoms with van der Waals surface area (Å²) in [4.78, 5) is 4.92. The molecule has 23 heavy (non-hydrogen) atoms. The Morgan fingerprint density at radius 3 is 2.35 bits per heavy atom. The predicted molar refractivity (Wildman–Crippen MR) is 102 cm³/mol. The Kier molecular flexibility index (Phi) is 7.14. The predicted octanol–water partition coefficient (Wildman–Crippen LogP) is 5.31. The quantitative estimate of drug-likeness (QED) is 0.294. The molecule has 0 heterocycles. The van der Waals surface area contributed by atoms with E-state index < -0.39 is 0 Å². The van der Waals surface area contributed by atoms with Crippen molar-refractivity contribution >= 4 is 25.3 Å². The van der Waals surface area contributed by atoms with Gasteiger partial charge in [0, 0.05) is 0 Å². The van der Waals surface area contributed by atoms with Crippen LogP contribution >= 0.6 is 0 Å². The summed E-state index contributed by atoms with van der Waals surface area (Å²) in [6, 6.07) is 16.5. The number of unbranched alkanes of at least 4 members (excludes halogenated alkanes) is 1. The van der Waals surface area contributed by atoms with E-state index in [4.69, 9.17) is 4.99 Å². The van der Waals surface area contributed by atoms with E-state index in [1.807, 2.05) is 30.3 Å². The number of nitrogens with zero attached hydrogens (tertiary/aromatic N) is 1. The molecule has 2 aromatic rings. The number of aliphatic imine (C=N–C) groups is 1. The number of hydrogen-bond acceptors (Lipinski definition) is 1. The van der Waals surface area contributed by atoms with Crippen LogP contribution in [0, 0.1) is 25.7 Å². The van der Waals surface area contributed by atoms with E-state index >= 15 is 0 Å². The summed E-state index contributed by atoms with van der Waals surface area (Å²) < 4.78 is 1.05. The first-order valence-corrected chi connectivity index (χ1v) is 10.1. The Hall–Kier alpha value is -1.81. The van der Waals surface area contributed by atoms with Crippen LogP contribution in [0.2, 0.25) is 5.32 Å². The molecule has 0 aliphatic heterocycles. The number of para-hydroxylation sites is 1. The van der Waals surface area contributed by atoms with Gasteiger partial charge in [0.05, 0.1) is 0 Å². The van der Waals surface area contributed by atoms with Crippen molar-refractivity contribution in [2.75, 3.05) is 0 Å². The average Bonchev–Trinajstić information content (AvgIpc) is 2.56. The van der Waals surface area contributed by atoms with E-state index in [0.29, 0.717) is 15.0 Å². The molecule has 0 bridgehead atoms. The number of benzene rings is 2. The van der Waals surface area contributed by atoms with Gasteiger partial charge >= 0.3 is 146 Å². The molecule has 0 saturated heterocycles. The van der Waals surface area contributed by atoms with Gasteiger partial charge in [-0.15, -0.1) is 0 Å². The van der Waals surface area contributed by atoms with Crippen LogP contribution in [0.25, 0.3) is 0 Å². The van der Waals surface area contributed by atoms with Crippen molar-refractivity contribution in [3.05, 3.63) is 65.2 Å². The zero-order chi connectivity index (χ0) is 16.5. The molecular weight excluding hydrogens is 345 g/mol. The molecule has 0 spiro atoms. The SMILES string of the molecule is CCCC[Se]C(C#Cc1ccccc1)=Nc1c(C)cccc1C. The van der Waals surface area contributed by atoms with E-state index in [0.717, 1.165) is 15.9 Å². The summed E-state index contributed by atoms with van der Waals surface area (Å²) in [5.41, 5.74) is 4.57. The fourth-order valence-corrected chi connectivity index (χ4v) is 4.04. The summed E-state index contributed by atoms with van der Waals surface area (Å²) in [7, 11) is 0. The maximum atomic E-state index is 4.92. The molecule has 1 nitrogen and oxygen atoms in total. The van der Waals surface area contributed by atoms with Crippen molar-refractivity contribution in [3.8, 4) is 11.8 Å². The van der Waals surface area contributed by atoms with Gasteiger partial charge in [-0.2, -0.15) is 0 Å². The molecule has 0 atom stereocenters. The molecule has 0 unspecified atom stereocenters. The topological polar surface area (TPSA) is 12.4 Å². The standard InChI is InChI=1S/C21H23NSe/c1-4-5-16-23-20(15-14-19-12-7-6-8-13-19)22-21-17(2)10-9-11-18(21)3/h6-13H,4-5,16H2,1-3H3. The molecule has 118 valence electrons. The van der Waals surface area contributed by atoms with Gasteiger partial charge in [0.1, 0.15) is 0 Å². The van der Waals surface area contributed by atoms with Crippen molar-refractivity contribution in [2.24, 2.45) is 4.99 Å². The van der Waals surface area contributed by atoms with Gasteiger partial charge in [-0.1, -0.05) is 0 Å². The van der Waals surface area contributed by atoms with Crippen molar-refractivity contribution in [2.45, 2.75) is 38.9 Å². The van der Waals surface area contributed by atoms with Gasteiger partial charge < -0.3 is 0 Å². The monoisotopic (exact) mass is 369 g/mol. The molecule has 0 saturated carbocycles. The minimum absolute atomic E-state index is 0.340. The van der Waals surface area contributed by atoms with Crippen LogP contribution in [0.5, 0.6) is 0 Å². The first-order valence-electron chi connectivity index (χ1n) is 8.05. The van der Waals surface area contributed by atoms with E-state index in [1.165, 1.54) is 29.3 Å². The molecule has 0 N–H and O–H groups in total. The molecule has 2 aromatic carbocycles. The fraction of sp³-hybridized carbons (Fsp3) is 0.286. The summed E-state index contributed by atoms with van der Waals surface area (Å²) in [6.07, 6.45) is 2.48. The first-order chi connectivity index (χ1) is 11.2. The third-order valence-corrected chi connectivity index (χ3v) is 5.49. The zero-order valence-electron chi connectivity index (χ0n) is 14.1. The first kappa shape index (κ1) is 17.5. The van der Waals surface area contributed by atoms with Gasteiger partial charge in [0.25, 0.3) is 0 Å². The third kappa shape index (κ3) is 5.71. The van der Waals surface area contributed by atoms with Crippen molar-refractivity contribution in [1.29, 1.82) is 0 Å².